The van der Waals surface area contributed by atoms with Crippen molar-refractivity contribution in [3.8, 4) is 0 Å². The number of rotatable bonds is 3. The summed E-state index contributed by atoms with van der Waals surface area (Å²) in [5, 5.41) is 0. The van der Waals surface area contributed by atoms with Crippen molar-refractivity contribution in [1.29, 1.82) is 0 Å². The Balaban J connectivity index is 0.00000180. The third kappa shape index (κ3) is 4.50. The van der Waals surface area contributed by atoms with Crippen LogP contribution in [0.4, 0.5) is 0 Å². The standard InChI is InChI=1S/C16H16BrN.ClH/c1-12(18)10-16(13-6-3-2-4-7-13)14-8-5-9-15(17)11-14;/h2-12H,18H2,1H3;1H. The van der Waals surface area contributed by atoms with Crippen molar-refractivity contribution >= 4 is 33.9 Å². The largest absolute Gasteiger partial charge is 0.325 e. The summed E-state index contributed by atoms with van der Waals surface area (Å²) in [6.45, 7) is 1.99. The van der Waals surface area contributed by atoms with Gasteiger partial charge in [0.1, 0.15) is 0 Å². The van der Waals surface area contributed by atoms with Crippen LogP contribution in [0.3, 0.4) is 0 Å². The molecule has 2 N–H and O–H groups in total. The molecule has 0 bridgehead atoms. The lowest BCUT2D eigenvalue weighted by Crippen LogP contribution is -2.11. The van der Waals surface area contributed by atoms with Crippen LogP contribution in [0.25, 0.3) is 5.57 Å². The van der Waals surface area contributed by atoms with Gasteiger partial charge in [0.05, 0.1) is 0 Å². The van der Waals surface area contributed by atoms with Crippen molar-refractivity contribution < 1.29 is 0 Å². The molecule has 1 atom stereocenters. The van der Waals surface area contributed by atoms with Gasteiger partial charge in [0.15, 0.2) is 0 Å². The smallest absolute Gasteiger partial charge is 0.0204 e. The lowest BCUT2D eigenvalue weighted by atomic mass is 9.96. The van der Waals surface area contributed by atoms with Crippen molar-refractivity contribution in [1.82, 2.24) is 0 Å². The third-order valence-electron chi connectivity index (χ3n) is 2.65. The molecule has 0 radical (unpaired) electrons. The van der Waals surface area contributed by atoms with E-state index in [0.29, 0.717) is 0 Å². The highest BCUT2D eigenvalue weighted by Crippen LogP contribution is 2.25. The Morgan fingerprint density at radius 1 is 1.05 bits per heavy atom. The summed E-state index contributed by atoms with van der Waals surface area (Å²) in [5.74, 6) is 0. The Labute approximate surface area is 129 Å². The first kappa shape index (κ1) is 16.0. The zero-order valence-electron chi connectivity index (χ0n) is 10.7. The Bertz CT molecular complexity index is 550. The maximum Gasteiger partial charge on any atom is 0.0204 e. The van der Waals surface area contributed by atoms with Crippen LogP contribution in [-0.2, 0) is 0 Å². The van der Waals surface area contributed by atoms with Gasteiger partial charge in [-0.25, -0.2) is 0 Å². The molecule has 0 saturated heterocycles. The lowest BCUT2D eigenvalue weighted by Gasteiger charge is -2.10. The summed E-state index contributed by atoms with van der Waals surface area (Å²) < 4.78 is 1.08. The van der Waals surface area contributed by atoms with E-state index in [1.165, 1.54) is 16.7 Å². The molecule has 0 amide bonds. The first-order chi connectivity index (χ1) is 8.66. The fourth-order valence-corrected chi connectivity index (χ4v) is 2.29. The highest BCUT2D eigenvalue weighted by atomic mass is 79.9. The van der Waals surface area contributed by atoms with Crippen molar-refractivity contribution in [2.24, 2.45) is 5.73 Å². The van der Waals surface area contributed by atoms with Gasteiger partial charge in [-0.2, -0.15) is 0 Å². The van der Waals surface area contributed by atoms with E-state index in [1.807, 2.05) is 37.3 Å². The molecule has 0 saturated carbocycles. The summed E-state index contributed by atoms with van der Waals surface area (Å²) in [4.78, 5) is 0. The van der Waals surface area contributed by atoms with Crippen molar-refractivity contribution in [2.45, 2.75) is 13.0 Å². The number of halogens is 2. The Kier molecular flexibility index (Phi) is 6.29. The zero-order chi connectivity index (χ0) is 13.0. The molecule has 0 spiro atoms. The van der Waals surface area contributed by atoms with Gasteiger partial charge in [-0.15, -0.1) is 12.4 Å². The van der Waals surface area contributed by atoms with E-state index in [0.717, 1.165) is 4.47 Å². The van der Waals surface area contributed by atoms with Crippen molar-refractivity contribution in [2.75, 3.05) is 0 Å². The molecule has 2 aromatic rings. The molecule has 3 heteroatoms. The number of nitrogens with two attached hydrogens (primary N) is 1. The van der Waals surface area contributed by atoms with Crippen LogP contribution in [0.2, 0.25) is 0 Å². The van der Waals surface area contributed by atoms with Crippen LogP contribution >= 0.6 is 28.3 Å². The molecule has 2 aromatic carbocycles. The van der Waals surface area contributed by atoms with E-state index in [2.05, 4.69) is 46.3 Å². The van der Waals surface area contributed by atoms with E-state index in [9.17, 15) is 0 Å². The van der Waals surface area contributed by atoms with Crippen LogP contribution in [0.15, 0.2) is 65.1 Å². The Morgan fingerprint density at radius 2 is 1.68 bits per heavy atom. The van der Waals surface area contributed by atoms with E-state index in [1.54, 1.807) is 0 Å². The lowest BCUT2D eigenvalue weighted by molar-refractivity contribution is 0.927. The molecule has 2 rings (SSSR count). The highest BCUT2D eigenvalue weighted by Gasteiger charge is 2.06. The maximum atomic E-state index is 5.92. The monoisotopic (exact) mass is 337 g/mol. The molecule has 1 unspecified atom stereocenters. The van der Waals surface area contributed by atoms with Crippen LogP contribution in [-0.4, -0.2) is 6.04 Å². The number of hydrogen-bond donors (Lipinski definition) is 1. The predicted molar refractivity (Wildman–Crippen MR) is 88.6 cm³/mol. The molecule has 0 heterocycles. The third-order valence-corrected chi connectivity index (χ3v) is 3.14. The highest BCUT2D eigenvalue weighted by molar-refractivity contribution is 9.10. The summed E-state index contributed by atoms with van der Waals surface area (Å²) in [5.41, 5.74) is 9.45. The van der Waals surface area contributed by atoms with Crippen LogP contribution in [0.5, 0.6) is 0 Å². The molecule has 0 aliphatic rings. The molecular weight excluding hydrogens is 322 g/mol. The molecule has 100 valence electrons. The van der Waals surface area contributed by atoms with Crippen LogP contribution < -0.4 is 5.73 Å². The minimum absolute atomic E-state index is 0. The second-order valence-electron chi connectivity index (χ2n) is 4.32. The van der Waals surface area contributed by atoms with Gasteiger partial charge in [0.2, 0.25) is 0 Å². The van der Waals surface area contributed by atoms with E-state index in [-0.39, 0.29) is 18.4 Å². The van der Waals surface area contributed by atoms with Gasteiger partial charge >= 0.3 is 0 Å². The molecule has 1 nitrogen and oxygen atoms in total. The summed E-state index contributed by atoms with van der Waals surface area (Å²) in [7, 11) is 0. The topological polar surface area (TPSA) is 26.0 Å². The van der Waals surface area contributed by atoms with Gasteiger partial charge in [-0.1, -0.05) is 64.5 Å². The molecule has 0 aliphatic carbocycles. The first-order valence-corrected chi connectivity index (χ1v) is 6.75. The average Bonchev–Trinajstić information content (AvgIpc) is 2.37. The minimum atomic E-state index is 0. The van der Waals surface area contributed by atoms with Gasteiger partial charge < -0.3 is 5.73 Å². The van der Waals surface area contributed by atoms with E-state index >= 15 is 0 Å². The SMILES string of the molecule is CC(N)C=C(c1ccccc1)c1cccc(Br)c1.Cl. The Hall–Kier alpha value is -1.09. The van der Waals surface area contributed by atoms with Crippen LogP contribution in [0.1, 0.15) is 18.1 Å². The zero-order valence-corrected chi connectivity index (χ0v) is 13.1. The fourth-order valence-electron chi connectivity index (χ4n) is 1.90. The summed E-state index contributed by atoms with van der Waals surface area (Å²) in [6, 6.07) is 18.6. The normalized spacial score (nSPS) is 12.7. The first-order valence-electron chi connectivity index (χ1n) is 5.95. The van der Waals surface area contributed by atoms with Crippen molar-refractivity contribution in [3.05, 3.63) is 76.3 Å². The van der Waals surface area contributed by atoms with Gasteiger partial charge in [-0.3, -0.25) is 0 Å². The Morgan fingerprint density at radius 3 is 2.26 bits per heavy atom. The van der Waals surface area contributed by atoms with Gasteiger partial charge in [0.25, 0.3) is 0 Å². The molecule has 0 aliphatic heterocycles. The average molecular weight is 339 g/mol. The summed E-state index contributed by atoms with van der Waals surface area (Å²) in [6.07, 6.45) is 2.09. The summed E-state index contributed by atoms with van der Waals surface area (Å²) >= 11 is 3.51. The molecule has 0 fully saturated rings. The second kappa shape index (κ2) is 7.49. The quantitative estimate of drug-likeness (QED) is 0.866. The fraction of sp³-hybridized carbons (Fsp3) is 0.125. The predicted octanol–water partition coefficient (Wildman–Crippen LogP) is 4.65. The van der Waals surface area contributed by atoms with Gasteiger partial charge in [0, 0.05) is 10.5 Å². The molecular formula is C16H17BrClN. The van der Waals surface area contributed by atoms with Gasteiger partial charge in [-0.05, 0) is 35.8 Å². The maximum absolute atomic E-state index is 5.92. The number of benzene rings is 2. The van der Waals surface area contributed by atoms with Crippen molar-refractivity contribution in [3.63, 3.8) is 0 Å². The second-order valence-corrected chi connectivity index (χ2v) is 5.23. The van der Waals surface area contributed by atoms with E-state index in [4.69, 9.17) is 5.73 Å². The minimum Gasteiger partial charge on any atom is -0.325 e. The van der Waals surface area contributed by atoms with E-state index < -0.39 is 0 Å². The molecule has 19 heavy (non-hydrogen) atoms. The van der Waals surface area contributed by atoms with Crippen LogP contribution in [0, 0.1) is 0 Å². The molecule has 0 aromatic heterocycles. The number of hydrogen-bond acceptors (Lipinski definition) is 1.